The smallest absolute Gasteiger partial charge is 0.120 e. The largest absolute Gasteiger partial charge is 0.497 e. The van der Waals surface area contributed by atoms with Crippen molar-refractivity contribution >= 4 is 0 Å². The minimum absolute atomic E-state index is 0.274. The Kier molecular flexibility index (Phi) is 4.92. The standard InChI is InChI=1S/C17H27NO2/c1-5-17(6-2)15(18-7-3)12-16(17)20-14-10-8-13(19-4)9-11-14/h8-11,15-16,18H,5-7,12H2,1-4H3. The van der Waals surface area contributed by atoms with Crippen LogP contribution in [0.1, 0.15) is 40.0 Å². The summed E-state index contributed by atoms with van der Waals surface area (Å²) in [6.45, 7) is 7.75. The minimum atomic E-state index is 0.274. The average Bonchev–Trinajstić information content (AvgIpc) is 2.48. The van der Waals surface area contributed by atoms with E-state index in [9.17, 15) is 0 Å². The molecule has 1 aliphatic rings. The van der Waals surface area contributed by atoms with E-state index in [4.69, 9.17) is 9.47 Å². The fourth-order valence-electron chi connectivity index (χ4n) is 3.46. The van der Waals surface area contributed by atoms with Gasteiger partial charge in [0.1, 0.15) is 17.6 Å². The highest BCUT2D eigenvalue weighted by molar-refractivity contribution is 5.31. The van der Waals surface area contributed by atoms with E-state index in [1.807, 2.05) is 24.3 Å². The van der Waals surface area contributed by atoms with Gasteiger partial charge >= 0.3 is 0 Å². The quantitative estimate of drug-likeness (QED) is 0.825. The molecule has 0 aliphatic heterocycles. The van der Waals surface area contributed by atoms with Crippen molar-refractivity contribution in [1.82, 2.24) is 5.32 Å². The number of hydrogen-bond acceptors (Lipinski definition) is 3. The van der Waals surface area contributed by atoms with Gasteiger partial charge in [-0.05, 0) is 43.7 Å². The Labute approximate surface area is 122 Å². The van der Waals surface area contributed by atoms with Crippen molar-refractivity contribution in [2.24, 2.45) is 5.41 Å². The van der Waals surface area contributed by atoms with E-state index < -0.39 is 0 Å². The topological polar surface area (TPSA) is 30.5 Å². The molecule has 0 bridgehead atoms. The molecule has 0 radical (unpaired) electrons. The summed E-state index contributed by atoms with van der Waals surface area (Å²) in [5.41, 5.74) is 0.274. The highest BCUT2D eigenvalue weighted by Gasteiger charge is 2.53. The lowest BCUT2D eigenvalue weighted by molar-refractivity contribution is -0.0854. The van der Waals surface area contributed by atoms with Gasteiger partial charge in [0.05, 0.1) is 7.11 Å². The number of methoxy groups -OCH3 is 1. The van der Waals surface area contributed by atoms with Crippen LogP contribution in [0.3, 0.4) is 0 Å². The first-order chi connectivity index (χ1) is 9.70. The van der Waals surface area contributed by atoms with Crippen molar-refractivity contribution in [3.05, 3.63) is 24.3 Å². The molecule has 1 fully saturated rings. The zero-order chi connectivity index (χ0) is 14.6. The summed E-state index contributed by atoms with van der Waals surface area (Å²) in [6.07, 6.45) is 3.72. The average molecular weight is 277 g/mol. The van der Waals surface area contributed by atoms with Gasteiger partial charge < -0.3 is 14.8 Å². The van der Waals surface area contributed by atoms with Gasteiger partial charge in [-0.3, -0.25) is 0 Å². The summed E-state index contributed by atoms with van der Waals surface area (Å²) in [6, 6.07) is 8.49. The van der Waals surface area contributed by atoms with Crippen LogP contribution in [0.5, 0.6) is 11.5 Å². The van der Waals surface area contributed by atoms with Gasteiger partial charge in [0, 0.05) is 17.9 Å². The van der Waals surface area contributed by atoms with Gasteiger partial charge in [-0.15, -0.1) is 0 Å². The molecule has 2 atom stereocenters. The normalized spacial score (nSPS) is 24.0. The second-order valence-electron chi connectivity index (χ2n) is 5.57. The molecule has 0 amide bonds. The Morgan fingerprint density at radius 3 is 2.20 bits per heavy atom. The third-order valence-corrected chi connectivity index (χ3v) is 4.89. The highest BCUT2D eigenvalue weighted by atomic mass is 16.5. The molecule has 1 N–H and O–H groups in total. The molecule has 1 aromatic rings. The van der Waals surface area contributed by atoms with E-state index in [0.29, 0.717) is 12.1 Å². The van der Waals surface area contributed by atoms with Crippen LogP contribution in [0.2, 0.25) is 0 Å². The third-order valence-electron chi connectivity index (χ3n) is 4.89. The number of hydrogen-bond donors (Lipinski definition) is 1. The Balaban J connectivity index is 2.05. The van der Waals surface area contributed by atoms with Crippen LogP contribution < -0.4 is 14.8 Å². The van der Waals surface area contributed by atoms with E-state index in [1.165, 1.54) is 0 Å². The van der Waals surface area contributed by atoms with E-state index in [1.54, 1.807) is 7.11 Å². The SMILES string of the molecule is CCNC1CC(Oc2ccc(OC)cc2)C1(CC)CC. The van der Waals surface area contributed by atoms with E-state index in [2.05, 4.69) is 26.1 Å². The predicted molar refractivity (Wildman–Crippen MR) is 82.5 cm³/mol. The van der Waals surface area contributed by atoms with Gasteiger partial charge in [-0.1, -0.05) is 20.8 Å². The Morgan fingerprint density at radius 2 is 1.70 bits per heavy atom. The molecule has 0 saturated heterocycles. The monoisotopic (exact) mass is 277 g/mol. The second kappa shape index (κ2) is 6.49. The van der Waals surface area contributed by atoms with Crippen molar-refractivity contribution in [3.8, 4) is 11.5 Å². The van der Waals surface area contributed by atoms with E-state index in [0.717, 1.165) is 37.3 Å². The van der Waals surface area contributed by atoms with Crippen molar-refractivity contribution in [2.75, 3.05) is 13.7 Å². The van der Waals surface area contributed by atoms with Crippen LogP contribution >= 0.6 is 0 Å². The number of benzene rings is 1. The van der Waals surface area contributed by atoms with Gasteiger partial charge in [-0.25, -0.2) is 0 Å². The van der Waals surface area contributed by atoms with Crippen molar-refractivity contribution in [1.29, 1.82) is 0 Å². The summed E-state index contributed by atoms with van der Waals surface area (Å²) in [4.78, 5) is 0. The molecule has 3 heteroatoms. The van der Waals surface area contributed by atoms with Crippen LogP contribution in [-0.4, -0.2) is 25.8 Å². The Bertz CT molecular complexity index is 412. The molecular formula is C17H27NO2. The van der Waals surface area contributed by atoms with Gasteiger partial charge in [0.15, 0.2) is 0 Å². The summed E-state index contributed by atoms with van der Waals surface area (Å²) in [5, 5.41) is 3.61. The Hall–Kier alpha value is -1.22. The molecule has 3 nitrogen and oxygen atoms in total. The van der Waals surface area contributed by atoms with Crippen LogP contribution in [0.15, 0.2) is 24.3 Å². The van der Waals surface area contributed by atoms with Crippen molar-refractivity contribution in [2.45, 2.75) is 52.2 Å². The summed E-state index contributed by atoms with van der Waals surface area (Å²) >= 11 is 0. The maximum atomic E-state index is 6.23. The Morgan fingerprint density at radius 1 is 1.10 bits per heavy atom. The lowest BCUT2D eigenvalue weighted by Crippen LogP contribution is -2.64. The fraction of sp³-hybridized carbons (Fsp3) is 0.647. The van der Waals surface area contributed by atoms with Crippen LogP contribution in [0.25, 0.3) is 0 Å². The molecule has 2 rings (SSSR count). The molecule has 0 spiro atoms. The molecule has 0 heterocycles. The third kappa shape index (κ3) is 2.64. The molecule has 1 saturated carbocycles. The molecule has 2 unspecified atom stereocenters. The number of rotatable bonds is 7. The lowest BCUT2D eigenvalue weighted by Gasteiger charge is -2.55. The lowest BCUT2D eigenvalue weighted by atomic mass is 9.58. The number of nitrogens with one attached hydrogen (secondary N) is 1. The minimum Gasteiger partial charge on any atom is -0.497 e. The first-order valence-corrected chi connectivity index (χ1v) is 7.74. The van der Waals surface area contributed by atoms with Gasteiger partial charge in [-0.2, -0.15) is 0 Å². The summed E-state index contributed by atoms with van der Waals surface area (Å²) in [5.74, 6) is 1.81. The fourth-order valence-corrected chi connectivity index (χ4v) is 3.46. The summed E-state index contributed by atoms with van der Waals surface area (Å²) in [7, 11) is 1.68. The van der Waals surface area contributed by atoms with Crippen LogP contribution in [0, 0.1) is 5.41 Å². The van der Waals surface area contributed by atoms with Crippen molar-refractivity contribution < 1.29 is 9.47 Å². The molecule has 1 aromatic carbocycles. The molecular weight excluding hydrogens is 250 g/mol. The maximum Gasteiger partial charge on any atom is 0.120 e. The highest BCUT2D eigenvalue weighted by Crippen LogP contribution is 2.49. The first kappa shape index (κ1) is 15.2. The van der Waals surface area contributed by atoms with Gasteiger partial charge in [0.25, 0.3) is 0 Å². The first-order valence-electron chi connectivity index (χ1n) is 7.74. The summed E-state index contributed by atoms with van der Waals surface area (Å²) < 4.78 is 11.4. The molecule has 0 aromatic heterocycles. The number of ether oxygens (including phenoxy) is 2. The van der Waals surface area contributed by atoms with Gasteiger partial charge in [0.2, 0.25) is 0 Å². The molecule has 112 valence electrons. The molecule has 1 aliphatic carbocycles. The molecule has 20 heavy (non-hydrogen) atoms. The predicted octanol–water partition coefficient (Wildman–Crippen LogP) is 3.63. The van der Waals surface area contributed by atoms with Crippen molar-refractivity contribution in [3.63, 3.8) is 0 Å². The van der Waals surface area contributed by atoms with Crippen LogP contribution in [0.4, 0.5) is 0 Å². The zero-order valence-electron chi connectivity index (χ0n) is 13.1. The second-order valence-corrected chi connectivity index (χ2v) is 5.57. The van der Waals surface area contributed by atoms with E-state index in [-0.39, 0.29) is 5.41 Å². The zero-order valence-corrected chi connectivity index (χ0v) is 13.1. The van der Waals surface area contributed by atoms with E-state index >= 15 is 0 Å². The maximum absolute atomic E-state index is 6.23. The van der Waals surface area contributed by atoms with Crippen LogP contribution in [-0.2, 0) is 0 Å².